The lowest BCUT2D eigenvalue weighted by Crippen LogP contribution is -2.22. The van der Waals surface area contributed by atoms with E-state index in [-0.39, 0.29) is 11.4 Å². The summed E-state index contributed by atoms with van der Waals surface area (Å²) in [4.78, 5) is 10.9. The number of hydrogen-bond acceptors (Lipinski definition) is 2. The summed E-state index contributed by atoms with van der Waals surface area (Å²) < 4.78 is 2.66. The van der Waals surface area contributed by atoms with Crippen molar-refractivity contribution in [3.63, 3.8) is 0 Å². The van der Waals surface area contributed by atoms with Gasteiger partial charge in [-0.1, -0.05) is 0 Å². The standard InChI is InChI=1S/C9H14IN3O/c1-6(14)11-7-5-13(9(2,3)4)12-8(7)10/h5H,1-4H3,(H,11,14). The highest BCUT2D eigenvalue weighted by atomic mass is 127. The van der Waals surface area contributed by atoms with Crippen molar-refractivity contribution >= 4 is 34.2 Å². The molecule has 0 saturated heterocycles. The molecule has 0 aliphatic heterocycles. The molecule has 14 heavy (non-hydrogen) atoms. The number of carbonyl (C=O) groups excluding carboxylic acids is 1. The summed E-state index contributed by atoms with van der Waals surface area (Å²) in [5.41, 5.74) is 0.712. The number of aromatic nitrogens is 2. The van der Waals surface area contributed by atoms with Gasteiger partial charge in [-0.15, -0.1) is 0 Å². The summed E-state index contributed by atoms with van der Waals surface area (Å²) in [5.74, 6) is -0.0728. The molecule has 0 unspecified atom stereocenters. The summed E-state index contributed by atoms with van der Waals surface area (Å²) in [6.45, 7) is 7.68. The molecule has 0 fully saturated rings. The van der Waals surface area contributed by atoms with Crippen LogP contribution in [0.3, 0.4) is 0 Å². The fourth-order valence-electron chi connectivity index (χ4n) is 0.970. The fraction of sp³-hybridized carbons (Fsp3) is 0.556. The predicted octanol–water partition coefficient (Wildman–Crippen LogP) is 2.20. The normalized spacial score (nSPS) is 11.5. The first-order chi connectivity index (χ1) is 6.30. The zero-order chi connectivity index (χ0) is 10.9. The van der Waals surface area contributed by atoms with Gasteiger partial charge >= 0.3 is 0 Å². The van der Waals surface area contributed by atoms with Crippen molar-refractivity contribution in [1.29, 1.82) is 0 Å². The van der Waals surface area contributed by atoms with Gasteiger partial charge in [0.05, 0.1) is 17.4 Å². The lowest BCUT2D eigenvalue weighted by atomic mass is 10.1. The van der Waals surface area contributed by atoms with E-state index in [1.54, 1.807) is 0 Å². The quantitative estimate of drug-likeness (QED) is 0.809. The Hall–Kier alpha value is -0.590. The van der Waals surface area contributed by atoms with Gasteiger partial charge in [-0.05, 0) is 43.4 Å². The lowest BCUT2D eigenvalue weighted by molar-refractivity contribution is -0.114. The molecule has 4 nitrogen and oxygen atoms in total. The molecule has 0 radical (unpaired) electrons. The SMILES string of the molecule is CC(=O)Nc1cn(C(C)(C)C)nc1I. The topological polar surface area (TPSA) is 46.9 Å². The Morgan fingerprint density at radius 1 is 1.57 bits per heavy atom. The van der Waals surface area contributed by atoms with Gasteiger partial charge in [0.25, 0.3) is 0 Å². The minimum atomic E-state index is -0.0728. The van der Waals surface area contributed by atoms with E-state index in [1.807, 2.05) is 10.9 Å². The molecule has 0 aliphatic carbocycles. The number of anilines is 1. The van der Waals surface area contributed by atoms with Crippen LogP contribution in [0.4, 0.5) is 5.69 Å². The molecule has 1 aromatic rings. The van der Waals surface area contributed by atoms with E-state index < -0.39 is 0 Å². The summed E-state index contributed by atoms with van der Waals surface area (Å²) in [6.07, 6.45) is 1.85. The van der Waals surface area contributed by atoms with Crippen LogP contribution in [0.5, 0.6) is 0 Å². The zero-order valence-corrected chi connectivity index (χ0v) is 10.9. The van der Waals surface area contributed by atoms with Crippen LogP contribution in [0.2, 0.25) is 0 Å². The second kappa shape index (κ2) is 3.88. The maximum absolute atomic E-state index is 10.9. The molecule has 0 atom stereocenters. The van der Waals surface area contributed by atoms with E-state index in [1.165, 1.54) is 6.92 Å². The van der Waals surface area contributed by atoms with Crippen molar-refractivity contribution in [2.24, 2.45) is 0 Å². The summed E-state index contributed by atoms with van der Waals surface area (Å²) >= 11 is 2.11. The van der Waals surface area contributed by atoms with Gasteiger partial charge < -0.3 is 5.32 Å². The van der Waals surface area contributed by atoms with E-state index in [2.05, 4.69) is 53.8 Å². The number of hydrogen-bond donors (Lipinski definition) is 1. The fourth-order valence-corrected chi connectivity index (χ4v) is 1.48. The Bertz CT molecular complexity index is 351. The van der Waals surface area contributed by atoms with E-state index in [4.69, 9.17) is 0 Å². The number of halogens is 1. The van der Waals surface area contributed by atoms with Crippen LogP contribution in [-0.4, -0.2) is 15.7 Å². The highest BCUT2D eigenvalue weighted by Gasteiger charge is 2.17. The molecule has 1 rings (SSSR count). The third-order valence-electron chi connectivity index (χ3n) is 1.67. The molecule has 1 N–H and O–H groups in total. The zero-order valence-electron chi connectivity index (χ0n) is 8.76. The average molecular weight is 307 g/mol. The second-order valence-electron chi connectivity index (χ2n) is 4.13. The largest absolute Gasteiger partial charge is 0.323 e. The molecular formula is C9H14IN3O. The molecule has 5 heteroatoms. The monoisotopic (exact) mass is 307 g/mol. The van der Waals surface area contributed by atoms with Crippen molar-refractivity contribution in [1.82, 2.24) is 9.78 Å². The lowest BCUT2D eigenvalue weighted by Gasteiger charge is -2.18. The Balaban J connectivity index is 2.99. The molecule has 0 spiro atoms. The second-order valence-corrected chi connectivity index (χ2v) is 5.15. The average Bonchev–Trinajstić information content (AvgIpc) is 2.30. The van der Waals surface area contributed by atoms with E-state index in [0.717, 1.165) is 9.39 Å². The Morgan fingerprint density at radius 3 is 2.50 bits per heavy atom. The molecule has 1 heterocycles. The van der Waals surface area contributed by atoms with Crippen LogP contribution >= 0.6 is 22.6 Å². The maximum atomic E-state index is 10.9. The van der Waals surface area contributed by atoms with Crippen molar-refractivity contribution in [3.8, 4) is 0 Å². The van der Waals surface area contributed by atoms with Gasteiger partial charge in [-0.3, -0.25) is 9.48 Å². The number of rotatable bonds is 1. The third kappa shape index (κ3) is 2.70. The molecule has 1 amide bonds. The van der Waals surface area contributed by atoms with Crippen molar-refractivity contribution in [2.45, 2.75) is 33.2 Å². The van der Waals surface area contributed by atoms with Crippen molar-refractivity contribution < 1.29 is 4.79 Å². The first-order valence-electron chi connectivity index (χ1n) is 4.34. The van der Waals surface area contributed by atoms with Crippen LogP contribution in [0.25, 0.3) is 0 Å². The highest BCUT2D eigenvalue weighted by Crippen LogP contribution is 2.21. The third-order valence-corrected chi connectivity index (χ3v) is 2.46. The molecule has 0 aliphatic rings. The molecule has 0 saturated carbocycles. The molecular weight excluding hydrogens is 293 g/mol. The van der Waals surface area contributed by atoms with Gasteiger partial charge in [0, 0.05) is 6.92 Å². The maximum Gasteiger partial charge on any atom is 0.221 e. The minimum Gasteiger partial charge on any atom is -0.323 e. The summed E-state index contributed by atoms with van der Waals surface area (Å²) in [7, 11) is 0. The molecule has 0 bridgehead atoms. The van der Waals surface area contributed by atoms with Crippen LogP contribution in [-0.2, 0) is 10.3 Å². The minimum absolute atomic E-state index is 0.0589. The Labute approximate surface area is 97.2 Å². The number of nitrogens with zero attached hydrogens (tertiary/aromatic N) is 2. The van der Waals surface area contributed by atoms with Crippen LogP contribution in [0.15, 0.2) is 6.20 Å². The number of carbonyl (C=O) groups is 1. The first kappa shape index (κ1) is 11.5. The van der Waals surface area contributed by atoms with Gasteiger partial charge in [-0.25, -0.2) is 0 Å². The van der Waals surface area contributed by atoms with Crippen LogP contribution in [0.1, 0.15) is 27.7 Å². The van der Waals surface area contributed by atoms with E-state index >= 15 is 0 Å². The molecule has 78 valence electrons. The van der Waals surface area contributed by atoms with E-state index in [0.29, 0.717) is 0 Å². The van der Waals surface area contributed by atoms with Crippen LogP contribution < -0.4 is 5.32 Å². The summed E-state index contributed by atoms with van der Waals surface area (Å²) in [5, 5.41) is 7.06. The van der Waals surface area contributed by atoms with E-state index in [9.17, 15) is 4.79 Å². The first-order valence-corrected chi connectivity index (χ1v) is 5.42. The molecule has 0 aromatic carbocycles. The van der Waals surface area contributed by atoms with Crippen molar-refractivity contribution in [3.05, 3.63) is 9.90 Å². The van der Waals surface area contributed by atoms with Gasteiger partial charge in [0.2, 0.25) is 5.91 Å². The van der Waals surface area contributed by atoms with Gasteiger partial charge in [0.1, 0.15) is 3.70 Å². The number of nitrogens with one attached hydrogen (secondary N) is 1. The Morgan fingerprint density at radius 2 is 2.14 bits per heavy atom. The summed E-state index contributed by atoms with van der Waals surface area (Å²) in [6, 6.07) is 0. The highest BCUT2D eigenvalue weighted by molar-refractivity contribution is 14.1. The molecule has 1 aromatic heterocycles. The van der Waals surface area contributed by atoms with Gasteiger partial charge in [0.15, 0.2) is 0 Å². The smallest absolute Gasteiger partial charge is 0.221 e. The number of amides is 1. The predicted molar refractivity (Wildman–Crippen MR) is 64.2 cm³/mol. The van der Waals surface area contributed by atoms with Gasteiger partial charge in [-0.2, -0.15) is 5.10 Å². The Kier molecular flexibility index (Phi) is 3.18. The van der Waals surface area contributed by atoms with Crippen LogP contribution in [0, 0.1) is 3.70 Å². The van der Waals surface area contributed by atoms with Crippen molar-refractivity contribution in [2.75, 3.05) is 5.32 Å².